The molecule has 0 saturated heterocycles. The molecule has 0 bridgehead atoms. The summed E-state index contributed by atoms with van der Waals surface area (Å²) in [4.78, 5) is 4.05. The maximum absolute atomic E-state index is 5.52. The van der Waals surface area contributed by atoms with Gasteiger partial charge in [0, 0.05) is 18.5 Å². The van der Waals surface area contributed by atoms with Crippen LogP contribution in [0.5, 0.6) is 5.75 Å². The average Bonchev–Trinajstić information content (AvgIpc) is 2.50. The smallest absolute Gasteiger partial charge is 0.196 e. The summed E-state index contributed by atoms with van der Waals surface area (Å²) >= 11 is 0. The standard InChI is InChI=1S/C7H8N4O/c1-12-5-4-6(8)10-11-3-2-9-7(5)11/h2-4H,1H3,(H2,8,10). The number of imidazole rings is 1. The van der Waals surface area contributed by atoms with E-state index in [-0.39, 0.29) is 0 Å². The van der Waals surface area contributed by atoms with Crippen molar-refractivity contribution in [2.75, 3.05) is 12.8 Å². The molecule has 0 aromatic carbocycles. The Kier molecular flexibility index (Phi) is 1.36. The maximum Gasteiger partial charge on any atom is 0.196 e. The van der Waals surface area contributed by atoms with Crippen LogP contribution in [-0.2, 0) is 0 Å². The number of aromatic nitrogens is 3. The van der Waals surface area contributed by atoms with Gasteiger partial charge in [0.15, 0.2) is 11.4 Å². The Balaban J connectivity index is 2.80. The molecule has 0 saturated carbocycles. The highest BCUT2D eigenvalue weighted by atomic mass is 16.5. The number of nitrogens with zero attached hydrogens (tertiary/aromatic N) is 3. The summed E-state index contributed by atoms with van der Waals surface area (Å²) in [5.41, 5.74) is 6.19. The monoisotopic (exact) mass is 164 g/mol. The fraction of sp³-hybridized carbons (Fsp3) is 0.143. The first kappa shape index (κ1) is 6.90. The van der Waals surface area contributed by atoms with Gasteiger partial charge in [0.25, 0.3) is 0 Å². The summed E-state index contributed by atoms with van der Waals surface area (Å²) in [6.07, 6.45) is 3.36. The van der Waals surface area contributed by atoms with Crippen LogP contribution in [-0.4, -0.2) is 21.7 Å². The Morgan fingerprint density at radius 1 is 1.58 bits per heavy atom. The normalized spacial score (nSPS) is 10.4. The minimum Gasteiger partial charge on any atom is -0.493 e. The van der Waals surface area contributed by atoms with E-state index in [2.05, 4.69) is 10.1 Å². The molecule has 0 unspecified atom stereocenters. The van der Waals surface area contributed by atoms with Gasteiger partial charge < -0.3 is 10.5 Å². The van der Waals surface area contributed by atoms with Crippen LogP contribution in [0, 0.1) is 0 Å². The van der Waals surface area contributed by atoms with Gasteiger partial charge in [-0.2, -0.15) is 0 Å². The van der Waals surface area contributed by atoms with Gasteiger partial charge in [0.05, 0.1) is 7.11 Å². The minimum atomic E-state index is 0.414. The lowest BCUT2D eigenvalue weighted by molar-refractivity contribution is 0.416. The van der Waals surface area contributed by atoms with Crippen molar-refractivity contribution in [1.29, 1.82) is 0 Å². The number of anilines is 1. The van der Waals surface area contributed by atoms with Gasteiger partial charge in [-0.3, -0.25) is 0 Å². The molecule has 2 aromatic rings. The molecular formula is C7H8N4O. The number of ether oxygens (including phenoxy) is 1. The van der Waals surface area contributed by atoms with Crippen molar-refractivity contribution in [2.24, 2.45) is 0 Å². The predicted molar refractivity (Wildman–Crippen MR) is 44.0 cm³/mol. The van der Waals surface area contributed by atoms with Crippen LogP contribution < -0.4 is 10.5 Å². The van der Waals surface area contributed by atoms with E-state index in [0.717, 1.165) is 0 Å². The second-order valence-electron chi connectivity index (χ2n) is 2.33. The molecule has 2 aromatic heterocycles. The van der Waals surface area contributed by atoms with E-state index in [1.165, 1.54) is 0 Å². The highest BCUT2D eigenvalue weighted by Crippen LogP contribution is 2.18. The fourth-order valence-electron chi connectivity index (χ4n) is 1.06. The Hall–Kier alpha value is -1.78. The predicted octanol–water partition coefficient (Wildman–Crippen LogP) is 0.320. The number of methoxy groups -OCH3 is 1. The van der Waals surface area contributed by atoms with Crippen molar-refractivity contribution in [3.8, 4) is 5.75 Å². The first-order valence-electron chi connectivity index (χ1n) is 3.45. The van der Waals surface area contributed by atoms with E-state index in [0.29, 0.717) is 17.2 Å². The average molecular weight is 164 g/mol. The number of hydrogen-bond acceptors (Lipinski definition) is 4. The first-order valence-corrected chi connectivity index (χ1v) is 3.45. The molecular weight excluding hydrogens is 156 g/mol. The lowest BCUT2D eigenvalue weighted by atomic mass is 10.5. The highest BCUT2D eigenvalue weighted by Gasteiger charge is 2.03. The van der Waals surface area contributed by atoms with Crippen molar-refractivity contribution in [1.82, 2.24) is 14.6 Å². The van der Waals surface area contributed by atoms with Gasteiger partial charge in [-0.1, -0.05) is 0 Å². The Labute approximate surface area is 68.8 Å². The van der Waals surface area contributed by atoms with Crippen LogP contribution in [0.3, 0.4) is 0 Å². The molecule has 2 heterocycles. The van der Waals surface area contributed by atoms with Gasteiger partial charge in [-0.25, -0.2) is 9.50 Å². The second-order valence-corrected chi connectivity index (χ2v) is 2.33. The van der Waals surface area contributed by atoms with Crippen molar-refractivity contribution >= 4 is 11.5 Å². The highest BCUT2D eigenvalue weighted by molar-refractivity contribution is 5.56. The fourth-order valence-corrected chi connectivity index (χ4v) is 1.06. The third kappa shape index (κ3) is 0.868. The van der Waals surface area contributed by atoms with Gasteiger partial charge in [0.1, 0.15) is 5.82 Å². The molecule has 0 aliphatic carbocycles. The molecule has 0 aliphatic rings. The van der Waals surface area contributed by atoms with Gasteiger partial charge in [-0.15, -0.1) is 5.10 Å². The molecule has 62 valence electrons. The molecule has 0 fully saturated rings. The van der Waals surface area contributed by atoms with Gasteiger partial charge in [0.2, 0.25) is 0 Å². The summed E-state index contributed by atoms with van der Waals surface area (Å²) in [6.45, 7) is 0. The number of hydrogen-bond donors (Lipinski definition) is 1. The zero-order valence-corrected chi connectivity index (χ0v) is 6.56. The zero-order valence-electron chi connectivity index (χ0n) is 6.56. The quantitative estimate of drug-likeness (QED) is 0.659. The number of nitrogens with two attached hydrogens (primary N) is 1. The largest absolute Gasteiger partial charge is 0.493 e. The number of fused-ring (bicyclic) bond motifs is 1. The van der Waals surface area contributed by atoms with Gasteiger partial charge in [-0.05, 0) is 0 Å². The summed E-state index contributed by atoms with van der Waals surface area (Å²) in [5, 5.41) is 4.00. The maximum atomic E-state index is 5.52. The van der Waals surface area contributed by atoms with Crippen LogP contribution in [0.1, 0.15) is 0 Å². The molecule has 0 amide bonds. The molecule has 2 N–H and O–H groups in total. The van der Waals surface area contributed by atoms with Crippen LogP contribution in [0.4, 0.5) is 5.82 Å². The third-order valence-electron chi connectivity index (χ3n) is 1.56. The molecule has 5 heteroatoms. The molecule has 0 aliphatic heterocycles. The van der Waals surface area contributed by atoms with Crippen LogP contribution in [0.25, 0.3) is 5.65 Å². The third-order valence-corrected chi connectivity index (χ3v) is 1.56. The van der Waals surface area contributed by atoms with E-state index < -0.39 is 0 Å². The number of rotatable bonds is 1. The summed E-state index contributed by atoms with van der Waals surface area (Å²) < 4.78 is 6.64. The van der Waals surface area contributed by atoms with E-state index in [4.69, 9.17) is 10.5 Å². The summed E-state index contributed by atoms with van der Waals surface area (Å²) in [5.74, 6) is 1.05. The zero-order chi connectivity index (χ0) is 8.55. The molecule has 0 spiro atoms. The van der Waals surface area contributed by atoms with E-state index in [9.17, 15) is 0 Å². The Morgan fingerprint density at radius 3 is 3.17 bits per heavy atom. The topological polar surface area (TPSA) is 65.4 Å². The van der Waals surface area contributed by atoms with E-state index >= 15 is 0 Å². The summed E-state index contributed by atoms with van der Waals surface area (Å²) in [7, 11) is 1.57. The Morgan fingerprint density at radius 2 is 2.42 bits per heavy atom. The van der Waals surface area contributed by atoms with Crippen LogP contribution in [0.2, 0.25) is 0 Å². The van der Waals surface area contributed by atoms with Gasteiger partial charge >= 0.3 is 0 Å². The van der Waals surface area contributed by atoms with Crippen molar-refractivity contribution < 1.29 is 4.74 Å². The molecule has 12 heavy (non-hydrogen) atoms. The molecule has 0 atom stereocenters. The summed E-state index contributed by atoms with van der Waals surface area (Å²) in [6, 6.07) is 1.64. The molecule has 2 rings (SSSR count). The lowest BCUT2D eigenvalue weighted by Gasteiger charge is -2.01. The lowest BCUT2D eigenvalue weighted by Crippen LogP contribution is -1.99. The number of nitrogen functional groups attached to an aromatic ring is 1. The van der Waals surface area contributed by atoms with Crippen LogP contribution >= 0.6 is 0 Å². The minimum absolute atomic E-state index is 0.414. The van der Waals surface area contributed by atoms with Crippen molar-refractivity contribution in [3.05, 3.63) is 18.5 Å². The second kappa shape index (κ2) is 2.37. The Bertz CT molecular complexity index is 409. The molecule has 0 radical (unpaired) electrons. The SMILES string of the molecule is COc1cc(N)nn2ccnc12. The van der Waals surface area contributed by atoms with E-state index in [1.54, 1.807) is 30.1 Å². The van der Waals surface area contributed by atoms with E-state index in [1.807, 2.05) is 0 Å². The van der Waals surface area contributed by atoms with Crippen molar-refractivity contribution in [2.45, 2.75) is 0 Å². The van der Waals surface area contributed by atoms with Crippen LogP contribution in [0.15, 0.2) is 18.5 Å². The first-order chi connectivity index (χ1) is 5.81. The van der Waals surface area contributed by atoms with Crippen molar-refractivity contribution in [3.63, 3.8) is 0 Å². The molecule has 5 nitrogen and oxygen atoms in total.